The third-order valence-electron chi connectivity index (χ3n) is 9.08. The molecule has 32 heavy (non-hydrogen) atoms. The molecule has 0 saturated heterocycles. The van der Waals surface area contributed by atoms with Crippen LogP contribution < -0.4 is 0 Å². The molecule has 0 radical (unpaired) electrons. The van der Waals surface area contributed by atoms with Crippen LogP contribution in [0.2, 0.25) is 0 Å². The Kier molecular flexibility index (Phi) is 4.48. The van der Waals surface area contributed by atoms with Crippen molar-refractivity contribution in [3.05, 3.63) is 59.2 Å². The number of aliphatic hydroxyl groups excluding tert-OH is 1. The second-order valence-corrected chi connectivity index (χ2v) is 11.0. The molecule has 4 aliphatic carbocycles. The molecule has 5 heteroatoms. The molecule has 1 spiro atoms. The topological polar surface area (TPSA) is 83.8 Å². The summed E-state index contributed by atoms with van der Waals surface area (Å²) in [7, 11) is 0. The summed E-state index contributed by atoms with van der Waals surface area (Å²) in [6.45, 7) is 9.95. The number of esters is 1. The van der Waals surface area contributed by atoms with Gasteiger partial charge in [-0.2, -0.15) is 0 Å². The fourth-order valence-electron chi connectivity index (χ4n) is 7.32. The number of aliphatic hydroxyl groups is 2. The average Bonchev–Trinajstić information content (AvgIpc) is 3.24. The lowest BCUT2D eigenvalue weighted by atomic mass is 9.59. The van der Waals surface area contributed by atoms with E-state index in [2.05, 4.69) is 13.8 Å². The number of benzene rings is 1. The smallest absolute Gasteiger partial charge is 0.338 e. The molecule has 1 aromatic carbocycles. The highest BCUT2D eigenvalue weighted by Crippen LogP contribution is 2.71. The largest absolute Gasteiger partial charge is 0.451 e. The molecule has 0 aromatic heterocycles. The molecule has 2 fully saturated rings. The zero-order valence-electron chi connectivity index (χ0n) is 19.3. The number of fused-ring (bicyclic) bond motifs is 3. The van der Waals surface area contributed by atoms with Crippen molar-refractivity contribution in [3.63, 3.8) is 0 Å². The van der Waals surface area contributed by atoms with Crippen molar-refractivity contribution in [1.29, 1.82) is 0 Å². The second-order valence-electron chi connectivity index (χ2n) is 11.0. The standard InChI is InChI=1S/C27H32O5/c1-14-11-18-20-19(25(20,4)5)12-16(3)26(22(18)29)13-15(2)23(27(26,31)21(14)28)32-24(30)17-9-7-6-8-10-17/h6-11,13,16,18-21,23,28,31H,12H2,1-5H3/t16-,18+,19-,20-,21-,23-,26+,27+/m1/s1. The lowest BCUT2D eigenvalue weighted by Crippen LogP contribution is -2.65. The lowest BCUT2D eigenvalue weighted by molar-refractivity contribution is -0.189. The monoisotopic (exact) mass is 436 g/mol. The first-order valence-corrected chi connectivity index (χ1v) is 11.6. The van der Waals surface area contributed by atoms with Crippen molar-refractivity contribution in [2.24, 2.45) is 34.5 Å². The van der Waals surface area contributed by atoms with Crippen LogP contribution in [-0.4, -0.2) is 39.8 Å². The first-order valence-electron chi connectivity index (χ1n) is 11.6. The number of rotatable bonds is 2. The fraction of sp³-hybridized carbons (Fsp3) is 0.556. The Bertz CT molecular complexity index is 1050. The van der Waals surface area contributed by atoms with Gasteiger partial charge in [0.1, 0.15) is 6.10 Å². The number of ketones is 1. The van der Waals surface area contributed by atoms with Crippen LogP contribution >= 0.6 is 0 Å². The van der Waals surface area contributed by atoms with E-state index in [-0.39, 0.29) is 29.0 Å². The number of hydrogen-bond donors (Lipinski definition) is 2. The van der Waals surface area contributed by atoms with Crippen LogP contribution in [0.3, 0.4) is 0 Å². The highest BCUT2D eigenvalue weighted by atomic mass is 16.6. The van der Waals surface area contributed by atoms with Crippen LogP contribution in [0.4, 0.5) is 0 Å². The predicted octanol–water partition coefficient (Wildman–Crippen LogP) is 3.71. The van der Waals surface area contributed by atoms with Gasteiger partial charge in [0.05, 0.1) is 11.0 Å². The summed E-state index contributed by atoms with van der Waals surface area (Å²) in [4.78, 5) is 27.2. The van der Waals surface area contributed by atoms with Crippen molar-refractivity contribution in [1.82, 2.24) is 0 Å². The van der Waals surface area contributed by atoms with Gasteiger partial charge in [-0.3, -0.25) is 4.79 Å². The molecule has 8 atom stereocenters. The Morgan fingerprint density at radius 2 is 1.78 bits per heavy atom. The maximum atomic E-state index is 14.2. The summed E-state index contributed by atoms with van der Waals surface area (Å²) in [5.74, 6) is -0.630. The molecule has 1 aromatic rings. The van der Waals surface area contributed by atoms with E-state index in [9.17, 15) is 19.8 Å². The molecule has 5 rings (SSSR count). The minimum Gasteiger partial charge on any atom is -0.451 e. The van der Waals surface area contributed by atoms with Crippen LogP contribution in [0.1, 0.15) is 51.4 Å². The molecule has 0 aliphatic heterocycles. The lowest BCUT2D eigenvalue weighted by Gasteiger charge is -2.48. The Morgan fingerprint density at radius 3 is 2.44 bits per heavy atom. The Morgan fingerprint density at radius 1 is 1.12 bits per heavy atom. The van der Waals surface area contributed by atoms with Crippen molar-refractivity contribution in [2.75, 3.05) is 0 Å². The number of hydrogen-bond acceptors (Lipinski definition) is 5. The maximum absolute atomic E-state index is 14.2. The van der Waals surface area contributed by atoms with E-state index in [1.165, 1.54) is 0 Å². The summed E-state index contributed by atoms with van der Waals surface area (Å²) in [5, 5.41) is 23.8. The zero-order chi connectivity index (χ0) is 23.2. The van der Waals surface area contributed by atoms with E-state index in [1.807, 2.05) is 25.1 Å². The quantitative estimate of drug-likeness (QED) is 0.546. The van der Waals surface area contributed by atoms with E-state index < -0.39 is 29.2 Å². The molecule has 2 saturated carbocycles. The highest BCUT2D eigenvalue weighted by Gasteiger charge is 2.76. The van der Waals surface area contributed by atoms with Crippen molar-refractivity contribution < 1.29 is 24.5 Å². The second kappa shape index (κ2) is 6.64. The van der Waals surface area contributed by atoms with E-state index >= 15 is 0 Å². The van der Waals surface area contributed by atoms with E-state index in [4.69, 9.17) is 4.74 Å². The summed E-state index contributed by atoms with van der Waals surface area (Å²) in [6.07, 6.45) is 2.03. The minimum atomic E-state index is -1.95. The van der Waals surface area contributed by atoms with Crippen LogP contribution in [0.5, 0.6) is 0 Å². The molecule has 0 heterocycles. The van der Waals surface area contributed by atoms with E-state index in [1.54, 1.807) is 38.1 Å². The van der Waals surface area contributed by atoms with Crippen LogP contribution in [0, 0.1) is 34.5 Å². The number of allylic oxidation sites excluding steroid dienone is 1. The van der Waals surface area contributed by atoms with Crippen molar-refractivity contribution in [2.45, 2.75) is 58.8 Å². The molecular formula is C27H32O5. The molecule has 4 aliphatic rings. The van der Waals surface area contributed by atoms with Gasteiger partial charge in [-0.1, -0.05) is 51.1 Å². The number of ether oxygens (including phenoxy) is 1. The van der Waals surface area contributed by atoms with Gasteiger partial charge in [0.15, 0.2) is 17.5 Å². The van der Waals surface area contributed by atoms with Gasteiger partial charge in [0.2, 0.25) is 0 Å². The predicted molar refractivity (Wildman–Crippen MR) is 120 cm³/mol. The van der Waals surface area contributed by atoms with Gasteiger partial charge in [-0.15, -0.1) is 0 Å². The molecular weight excluding hydrogens is 404 g/mol. The van der Waals surface area contributed by atoms with Crippen LogP contribution in [0.15, 0.2) is 53.6 Å². The summed E-state index contributed by atoms with van der Waals surface area (Å²) >= 11 is 0. The summed E-state index contributed by atoms with van der Waals surface area (Å²) < 4.78 is 5.86. The number of carbonyl (C=O) groups excluding carboxylic acids is 2. The SMILES string of the molecule is CC1=C[C@@H]2C(=O)[C@]3(C=C(C)[C@@H](OC(=O)c4ccccc4)[C@@]3(O)[C@@H]1O)[C@H](C)C[C@@H]1[C@@H]2C1(C)C. The number of carbonyl (C=O) groups is 2. The van der Waals surface area contributed by atoms with Crippen molar-refractivity contribution >= 4 is 11.8 Å². The van der Waals surface area contributed by atoms with Gasteiger partial charge >= 0.3 is 5.97 Å². The molecule has 0 unspecified atom stereocenters. The summed E-state index contributed by atoms with van der Waals surface area (Å²) in [6, 6.07) is 8.59. The van der Waals surface area contributed by atoms with Gasteiger partial charge in [0, 0.05) is 5.92 Å². The Labute approximate surface area is 189 Å². The third kappa shape index (κ3) is 2.47. The molecule has 0 amide bonds. The van der Waals surface area contributed by atoms with Gasteiger partial charge in [-0.05, 0) is 66.7 Å². The molecule has 170 valence electrons. The highest BCUT2D eigenvalue weighted by molar-refractivity contribution is 5.96. The van der Waals surface area contributed by atoms with Gasteiger partial charge in [0.25, 0.3) is 0 Å². The maximum Gasteiger partial charge on any atom is 0.338 e. The Hall–Kier alpha value is -2.24. The third-order valence-corrected chi connectivity index (χ3v) is 9.08. The molecule has 5 nitrogen and oxygen atoms in total. The first kappa shape index (κ1) is 21.6. The average molecular weight is 437 g/mol. The van der Waals surface area contributed by atoms with Crippen LogP contribution in [-0.2, 0) is 9.53 Å². The van der Waals surface area contributed by atoms with Crippen LogP contribution in [0.25, 0.3) is 0 Å². The van der Waals surface area contributed by atoms with Crippen molar-refractivity contribution in [3.8, 4) is 0 Å². The first-order chi connectivity index (χ1) is 15.0. The Balaban J connectivity index is 1.63. The minimum absolute atomic E-state index is 0.0525. The molecule has 2 N–H and O–H groups in total. The zero-order valence-corrected chi connectivity index (χ0v) is 19.3. The van der Waals surface area contributed by atoms with Gasteiger partial charge in [-0.25, -0.2) is 4.79 Å². The fourth-order valence-corrected chi connectivity index (χ4v) is 7.32. The number of Topliss-reactive ketones (excluding diaryl/α,β-unsaturated/α-hetero) is 1. The molecule has 2 bridgehead atoms. The summed E-state index contributed by atoms with van der Waals surface area (Å²) in [5.41, 5.74) is -1.67. The normalized spacial score (nSPS) is 43.8. The van der Waals surface area contributed by atoms with E-state index in [0.717, 1.165) is 6.42 Å². The van der Waals surface area contributed by atoms with E-state index in [0.29, 0.717) is 22.6 Å². The van der Waals surface area contributed by atoms with Gasteiger partial charge < -0.3 is 14.9 Å².